The highest BCUT2D eigenvalue weighted by molar-refractivity contribution is 6.30. The number of rotatable bonds is 4. The van der Waals surface area contributed by atoms with E-state index in [9.17, 15) is 5.11 Å². The topological polar surface area (TPSA) is 60.9 Å². The van der Waals surface area contributed by atoms with Crippen molar-refractivity contribution in [3.8, 4) is 17.0 Å². The molecule has 3 aromatic rings. The van der Waals surface area contributed by atoms with E-state index in [-0.39, 0.29) is 5.75 Å². The molecule has 0 saturated carbocycles. The van der Waals surface area contributed by atoms with Gasteiger partial charge in [0.05, 0.1) is 18.2 Å². The molecule has 0 amide bonds. The van der Waals surface area contributed by atoms with Gasteiger partial charge >= 0.3 is 0 Å². The summed E-state index contributed by atoms with van der Waals surface area (Å²) in [7, 11) is 0. The van der Waals surface area contributed by atoms with E-state index in [1.54, 1.807) is 30.7 Å². The number of aromatic hydroxyl groups is 1. The van der Waals surface area contributed by atoms with E-state index in [0.717, 1.165) is 22.5 Å². The predicted octanol–water partition coefficient (Wildman–Crippen LogP) is 4.05. The Kier molecular flexibility index (Phi) is 3.79. The first kappa shape index (κ1) is 13.5. The molecule has 5 heteroatoms. The minimum atomic E-state index is 0.237. The molecule has 0 aliphatic carbocycles. The van der Waals surface area contributed by atoms with E-state index in [0.29, 0.717) is 11.6 Å². The van der Waals surface area contributed by atoms with Crippen LogP contribution in [0.2, 0.25) is 5.02 Å². The lowest BCUT2D eigenvalue weighted by molar-refractivity contribution is 0.469. The standard InChI is InChI=1S/C16H14ClN3O/c17-13-3-6-16(21)12(7-13)8-19-14-4-1-11(2-5-14)15-9-18-10-20-15/h1-7,9-10,19,21H,8H2,(H,18,20). The van der Waals surface area contributed by atoms with Crippen LogP contribution in [0.3, 0.4) is 0 Å². The number of hydrogen-bond donors (Lipinski definition) is 3. The normalized spacial score (nSPS) is 10.5. The van der Waals surface area contributed by atoms with Gasteiger partial charge in [0.25, 0.3) is 0 Å². The quantitative estimate of drug-likeness (QED) is 0.681. The minimum absolute atomic E-state index is 0.237. The molecule has 1 heterocycles. The molecular weight excluding hydrogens is 286 g/mol. The Morgan fingerprint density at radius 1 is 1.14 bits per heavy atom. The number of halogens is 1. The Labute approximate surface area is 127 Å². The number of anilines is 1. The van der Waals surface area contributed by atoms with Crippen LogP contribution < -0.4 is 5.32 Å². The number of imidazole rings is 1. The highest BCUT2D eigenvalue weighted by atomic mass is 35.5. The van der Waals surface area contributed by atoms with Gasteiger partial charge in [0, 0.05) is 22.8 Å². The SMILES string of the molecule is Oc1ccc(Cl)cc1CNc1ccc(-c2cnc[nH]2)cc1. The van der Waals surface area contributed by atoms with E-state index in [1.165, 1.54) is 0 Å². The van der Waals surface area contributed by atoms with Gasteiger partial charge in [-0.05, 0) is 35.9 Å². The first-order valence-electron chi connectivity index (χ1n) is 6.52. The van der Waals surface area contributed by atoms with Crippen LogP contribution in [0.1, 0.15) is 5.56 Å². The maximum atomic E-state index is 9.77. The summed E-state index contributed by atoms with van der Waals surface area (Å²) < 4.78 is 0. The van der Waals surface area contributed by atoms with Crippen molar-refractivity contribution < 1.29 is 5.11 Å². The second-order valence-corrected chi connectivity index (χ2v) is 5.11. The molecule has 0 radical (unpaired) electrons. The Morgan fingerprint density at radius 3 is 2.67 bits per heavy atom. The van der Waals surface area contributed by atoms with Crippen LogP contribution in [-0.2, 0) is 6.54 Å². The van der Waals surface area contributed by atoms with Crippen LogP contribution in [0.25, 0.3) is 11.3 Å². The van der Waals surface area contributed by atoms with Gasteiger partial charge in [0.1, 0.15) is 5.75 Å². The maximum Gasteiger partial charge on any atom is 0.120 e. The molecule has 0 aliphatic rings. The summed E-state index contributed by atoms with van der Waals surface area (Å²) in [6, 6.07) is 13.0. The van der Waals surface area contributed by atoms with Crippen LogP contribution in [0, 0.1) is 0 Å². The molecular formula is C16H14ClN3O. The van der Waals surface area contributed by atoms with Gasteiger partial charge in [0.15, 0.2) is 0 Å². The van der Waals surface area contributed by atoms with Gasteiger partial charge in [-0.25, -0.2) is 4.98 Å². The third-order valence-electron chi connectivity index (χ3n) is 3.22. The summed E-state index contributed by atoms with van der Waals surface area (Å²) in [5.74, 6) is 0.237. The summed E-state index contributed by atoms with van der Waals surface area (Å²) in [4.78, 5) is 7.07. The van der Waals surface area contributed by atoms with Crippen LogP contribution in [-0.4, -0.2) is 15.1 Å². The highest BCUT2D eigenvalue weighted by Crippen LogP contribution is 2.23. The molecule has 0 aliphatic heterocycles. The first-order valence-corrected chi connectivity index (χ1v) is 6.90. The molecule has 1 aromatic heterocycles. The largest absolute Gasteiger partial charge is 0.508 e. The molecule has 4 nitrogen and oxygen atoms in total. The monoisotopic (exact) mass is 299 g/mol. The Hall–Kier alpha value is -2.46. The van der Waals surface area contributed by atoms with Crippen molar-refractivity contribution in [3.05, 3.63) is 65.6 Å². The lowest BCUT2D eigenvalue weighted by atomic mass is 10.1. The predicted molar refractivity (Wildman–Crippen MR) is 84.5 cm³/mol. The van der Waals surface area contributed by atoms with E-state index < -0.39 is 0 Å². The summed E-state index contributed by atoms with van der Waals surface area (Å²) in [5.41, 5.74) is 3.79. The molecule has 2 aromatic carbocycles. The molecule has 0 atom stereocenters. The first-order chi connectivity index (χ1) is 10.2. The van der Waals surface area contributed by atoms with Crippen LogP contribution in [0.15, 0.2) is 55.0 Å². The summed E-state index contributed by atoms with van der Waals surface area (Å²) in [6.45, 7) is 0.510. The highest BCUT2D eigenvalue weighted by Gasteiger charge is 2.03. The Balaban J connectivity index is 1.70. The average molecular weight is 300 g/mol. The number of phenols is 1. The number of nitrogens with one attached hydrogen (secondary N) is 2. The number of nitrogens with zero attached hydrogens (tertiary/aromatic N) is 1. The molecule has 21 heavy (non-hydrogen) atoms. The number of H-pyrrole nitrogens is 1. The van der Waals surface area contributed by atoms with Crippen LogP contribution in [0.4, 0.5) is 5.69 Å². The molecule has 0 saturated heterocycles. The van der Waals surface area contributed by atoms with E-state index in [1.807, 2.05) is 24.3 Å². The van der Waals surface area contributed by atoms with Crippen molar-refractivity contribution in [1.29, 1.82) is 0 Å². The van der Waals surface area contributed by atoms with Gasteiger partial charge in [-0.2, -0.15) is 0 Å². The van der Waals surface area contributed by atoms with E-state index in [4.69, 9.17) is 11.6 Å². The average Bonchev–Trinajstić information content (AvgIpc) is 3.03. The maximum absolute atomic E-state index is 9.77. The van der Waals surface area contributed by atoms with Crippen molar-refractivity contribution in [3.63, 3.8) is 0 Å². The summed E-state index contributed by atoms with van der Waals surface area (Å²) >= 11 is 5.93. The number of phenolic OH excluding ortho intramolecular Hbond substituents is 1. The fraction of sp³-hybridized carbons (Fsp3) is 0.0625. The van der Waals surface area contributed by atoms with Crippen molar-refractivity contribution in [1.82, 2.24) is 9.97 Å². The van der Waals surface area contributed by atoms with Gasteiger partial charge in [-0.15, -0.1) is 0 Å². The van der Waals surface area contributed by atoms with E-state index >= 15 is 0 Å². The van der Waals surface area contributed by atoms with Crippen molar-refractivity contribution >= 4 is 17.3 Å². The lowest BCUT2D eigenvalue weighted by Crippen LogP contribution is -1.99. The molecule has 106 valence electrons. The molecule has 0 fully saturated rings. The van der Waals surface area contributed by atoms with Gasteiger partial charge < -0.3 is 15.4 Å². The number of aromatic nitrogens is 2. The van der Waals surface area contributed by atoms with Crippen molar-refractivity contribution in [2.45, 2.75) is 6.54 Å². The van der Waals surface area contributed by atoms with Crippen LogP contribution >= 0.6 is 11.6 Å². The van der Waals surface area contributed by atoms with E-state index in [2.05, 4.69) is 15.3 Å². The minimum Gasteiger partial charge on any atom is -0.508 e. The third kappa shape index (κ3) is 3.17. The zero-order valence-corrected chi connectivity index (χ0v) is 11.9. The Morgan fingerprint density at radius 2 is 1.95 bits per heavy atom. The van der Waals surface area contributed by atoms with Gasteiger partial charge in [-0.1, -0.05) is 23.7 Å². The fourth-order valence-corrected chi connectivity index (χ4v) is 2.27. The van der Waals surface area contributed by atoms with Crippen molar-refractivity contribution in [2.75, 3.05) is 5.32 Å². The Bertz CT molecular complexity index is 724. The molecule has 0 spiro atoms. The molecule has 0 bridgehead atoms. The number of hydrogen-bond acceptors (Lipinski definition) is 3. The van der Waals surface area contributed by atoms with Gasteiger partial charge in [-0.3, -0.25) is 0 Å². The zero-order valence-electron chi connectivity index (χ0n) is 11.2. The zero-order chi connectivity index (χ0) is 14.7. The molecule has 3 N–H and O–H groups in total. The molecule has 3 rings (SSSR count). The number of aromatic amines is 1. The van der Waals surface area contributed by atoms with Crippen molar-refractivity contribution in [2.24, 2.45) is 0 Å². The molecule has 0 unspecified atom stereocenters. The smallest absolute Gasteiger partial charge is 0.120 e. The summed E-state index contributed by atoms with van der Waals surface area (Å²) in [5, 5.41) is 13.6. The lowest BCUT2D eigenvalue weighted by Gasteiger charge is -2.09. The number of benzene rings is 2. The third-order valence-corrected chi connectivity index (χ3v) is 3.45. The second-order valence-electron chi connectivity index (χ2n) is 4.67. The second kappa shape index (κ2) is 5.89. The van der Waals surface area contributed by atoms with Gasteiger partial charge in [0.2, 0.25) is 0 Å². The fourth-order valence-electron chi connectivity index (χ4n) is 2.07. The van der Waals surface area contributed by atoms with Crippen LogP contribution in [0.5, 0.6) is 5.75 Å². The summed E-state index contributed by atoms with van der Waals surface area (Å²) in [6.07, 6.45) is 3.44.